The zero-order chi connectivity index (χ0) is 25.5. The molecule has 36 heavy (non-hydrogen) atoms. The minimum Gasteiger partial charge on any atom is -0.468 e. The normalized spacial score (nSPS) is 12.9. The van der Waals surface area contributed by atoms with E-state index in [1.807, 2.05) is 17.0 Å². The number of benzene rings is 2. The van der Waals surface area contributed by atoms with Crippen LogP contribution < -0.4 is 16.0 Å². The molecule has 10 heteroatoms. The fraction of sp³-hybridized carbons (Fsp3) is 0.269. The van der Waals surface area contributed by atoms with Gasteiger partial charge < -0.3 is 20.4 Å². The maximum absolute atomic E-state index is 13.3. The van der Waals surface area contributed by atoms with Crippen molar-refractivity contribution in [2.75, 3.05) is 18.4 Å². The van der Waals surface area contributed by atoms with Crippen molar-refractivity contribution in [1.29, 1.82) is 0 Å². The van der Waals surface area contributed by atoms with Crippen LogP contribution in [-0.2, 0) is 22.7 Å². The molecule has 1 fully saturated rings. The second kappa shape index (κ2) is 11.6. The third-order valence-electron chi connectivity index (χ3n) is 5.51. The van der Waals surface area contributed by atoms with E-state index in [-0.39, 0.29) is 30.7 Å². The van der Waals surface area contributed by atoms with E-state index in [0.29, 0.717) is 24.4 Å². The summed E-state index contributed by atoms with van der Waals surface area (Å²) in [5, 5.41) is 7.88. The molecular formula is C26H26F2N4O4. The van der Waals surface area contributed by atoms with Crippen LogP contribution in [0.4, 0.5) is 14.5 Å². The van der Waals surface area contributed by atoms with Gasteiger partial charge in [0, 0.05) is 29.9 Å². The number of halogens is 2. The van der Waals surface area contributed by atoms with Gasteiger partial charge in [-0.3, -0.25) is 19.3 Å². The van der Waals surface area contributed by atoms with Crippen LogP contribution in [-0.4, -0.2) is 41.8 Å². The third-order valence-corrected chi connectivity index (χ3v) is 5.51. The van der Waals surface area contributed by atoms with Gasteiger partial charge in [-0.25, -0.2) is 8.78 Å². The van der Waals surface area contributed by atoms with Crippen molar-refractivity contribution in [2.24, 2.45) is 0 Å². The molecule has 2 aromatic carbocycles. The van der Waals surface area contributed by atoms with E-state index < -0.39 is 23.4 Å². The van der Waals surface area contributed by atoms with Gasteiger partial charge in [-0.2, -0.15) is 0 Å². The van der Waals surface area contributed by atoms with Gasteiger partial charge in [-0.05, 0) is 54.8 Å². The van der Waals surface area contributed by atoms with E-state index in [1.54, 1.807) is 30.5 Å². The Bertz CT molecular complexity index is 1210. The fourth-order valence-electron chi connectivity index (χ4n) is 3.52. The van der Waals surface area contributed by atoms with Gasteiger partial charge in [-0.1, -0.05) is 12.1 Å². The quantitative estimate of drug-likeness (QED) is 0.378. The second-order valence-corrected chi connectivity index (χ2v) is 8.62. The molecule has 1 aliphatic rings. The lowest BCUT2D eigenvalue weighted by molar-refractivity contribution is -0.125. The number of anilines is 1. The Morgan fingerprint density at radius 3 is 2.39 bits per heavy atom. The molecule has 3 N–H and O–H groups in total. The minimum atomic E-state index is -1.08. The van der Waals surface area contributed by atoms with Crippen molar-refractivity contribution in [1.82, 2.24) is 15.5 Å². The molecule has 0 radical (unpaired) electrons. The Labute approximate surface area is 206 Å². The van der Waals surface area contributed by atoms with Gasteiger partial charge in [0.2, 0.25) is 11.8 Å². The van der Waals surface area contributed by atoms with Crippen molar-refractivity contribution in [2.45, 2.75) is 32.0 Å². The Morgan fingerprint density at radius 2 is 1.72 bits per heavy atom. The standard InChI is InChI=1S/C26H26F2N4O4/c27-22-10-9-20(12-23(22)28)30-24(33)13-29-25(34)16-32(15-21-2-1-11-36-21)14-17-3-5-18(6-4-17)26(35)31-19-7-8-19/h1-6,9-12,19H,7-8,13-16H2,(H,29,34)(H,30,33)(H,31,35). The van der Waals surface area contributed by atoms with Gasteiger partial charge in [-0.15, -0.1) is 0 Å². The van der Waals surface area contributed by atoms with E-state index >= 15 is 0 Å². The SMILES string of the molecule is O=C(CN(Cc1ccc(C(=O)NC2CC2)cc1)Cc1ccco1)NCC(=O)Nc1ccc(F)c(F)c1. The summed E-state index contributed by atoms with van der Waals surface area (Å²) >= 11 is 0. The molecule has 0 unspecified atom stereocenters. The molecule has 0 aliphatic heterocycles. The van der Waals surface area contributed by atoms with Crippen LogP contribution >= 0.6 is 0 Å². The van der Waals surface area contributed by atoms with Gasteiger partial charge in [0.1, 0.15) is 5.76 Å². The van der Waals surface area contributed by atoms with Gasteiger partial charge in [0.05, 0.1) is 25.9 Å². The summed E-state index contributed by atoms with van der Waals surface area (Å²) in [4.78, 5) is 38.7. The highest BCUT2D eigenvalue weighted by molar-refractivity contribution is 5.95. The zero-order valence-corrected chi connectivity index (χ0v) is 19.4. The van der Waals surface area contributed by atoms with Crippen LogP contribution in [0.15, 0.2) is 65.3 Å². The summed E-state index contributed by atoms with van der Waals surface area (Å²) in [6, 6.07) is 14.0. The van der Waals surface area contributed by atoms with E-state index in [4.69, 9.17) is 4.42 Å². The average Bonchev–Trinajstić information content (AvgIpc) is 3.52. The first-order chi connectivity index (χ1) is 17.4. The summed E-state index contributed by atoms with van der Waals surface area (Å²) in [7, 11) is 0. The molecule has 188 valence electrons. The predicted molar refractivity (Wildman–Crippen MR) is 128 cm³/mol. The molecule has 0 spiro atoms. The third kappa shape index (κ3) is 7.47. The smallest absolute Gasteiger partial charge is 0.251 e. The van der Waals surface area contributed by atoms with Crippen LogP contribution in [0.25, 0.3) is 0 Å². The van der Waals surface area contributed by atoms with Crippen molar-refractivity contribution in [3.63, 3.8) is 0 Å². The van der Waals surface area contributed by atoms with Gasteiger partial charge >= 0.3 is 0 Å². The van der Waals surface area contributed by atoms with Crippen molar-refractivity contribution in [3.8, 4) is 0 Å². The van der Waals surface area contributed by atoms with E-state index in [1.165, 1.54) is 6.07 Å². The molecule has 1 aromatic heterocycles. The Morgan fingerprint density at radius 1 is 0.944 bits per heavy atom. The molecule has 1 aliphatic carbocycles. The number of hydrogen-bond donors (Lipinski definition) is 3. The lowest BCUT2D eigenvalue weighted by atomic mass is 10.1. The summed E-state index contributed by atoms with van der Waals surface area (Å²) in [6.45, 7) is 0.394. The summed E-state index contributed by atoms with van der Waals surface area (Å²) in [5.74, 6) is -2.51. The van der Waals surface area contributed by atoms with Crippen LogP contribution in [0.1, 0.15) is 34.5 Å². The first-order valence-electron chi connectivity index (χ1n) is 11.5. The number of hydrogen-bond acceptors (Lipinski definition) is 5. The van der Waals surface area contributed by atoms with Crippen LogP contribution in [0, 0.1) is 11.6 Å². The highest BCUT2D eigenvalue weighted by atomic mass is 19.2. The molecule has 1 heterocycles. The molecule has 1 saturated carbocycles. The highest BCUT2D eigenvalue weighted by Gasteiger charge is 2.23. The molecule has 3 amide bonds. The van der Waals surface area contributed by atoms with Gasteiger partial charge in [0.15, 0.2) is 11.6 Å². The van der Waals surface area contributed by atoms with Crippen LogP contribution in [0.3, 0.4) is 0 Å². The van der Waals surface area contributed by atoms with Crippen molar-refractivity contribution >= 4 is 23.4 Å². The number of nitrogens with one attached hydrogen (secondary N) is 3. The maximum Gasteiger partial charge on any atom is 0.251 e. The Hall–Kier alpha value is -4.05. The number of amides is 3. The van der Waals surface area contributed by atoms with E-state index in [2.05, 4.69) is 16.0 Å². The first kappa shape index (κ1) is 25.1. The van der Waals surface area contributed by atoms with Crippen LogP contribution in [0.2, 0.25) is 0 Å². The summed E-state index contributed by atoms with van der Waals surface area (Å²) in [5.41, 5.74) is 1.56. The molecular weight excluding hydrogens is 470 g/mol. The Kier molecular flexibility index (Phi) is 8.06. The molecule has 0 bridgehead atoms. The predicted octanol–water partition coefficient (Wildman–Crippen LogP) is 3.21. The molecule has 0 saturated heterocycles. The molecule has 0 atom stereocenters. The second-order valence-electron chi connectivity index (χ2n) is 8.62. The molecule has 3 aromatic rings. The zero-order valence-electron chi connectivity index (χ0n) is 19.4. The summed E-state index contributed by atoms with van der Waals surface area (Å²) < 4.78 is 31.8. The monoisotopic (exact) mass is 496 g/mol. The molecule has 4 rings (SSSR count). The highest BCUT2D eigenvalue weighted by Crippen LogP contribution is 2.19. The average molecular weight is 497 g/mol. The number of carbonyl (C=O) groups is 3. The Balaban J connectivity index is 1.31. The van der Waals surface area contributed by atoms with Gasteiger partial charge in [0.25, 0.3) is 5.91 Å². The number of furan rings is 1. The summed E-state index contributed by atoms with van der Waals surface area (Å²) in [6.07, 6.45) is 3.57. The maximum atomic E-state index is 13.3. The lowest BCUT2D eigenvalue weighted by Gasteiger charge is -2.21. The first-order valence-corrected chi connectivity index (χ1v) is 11.5. The minimum absolute atomic E-state index is 0.0247. The van der Waals surface area contributed by atoms with E-state index in [0.717, 1.165) is 30.5 Å². The fourth-order valence-corrected chi connectivity index (χ4v) is 3.52. The number of nitrogens with zero attached hydrogens (tertiary/aromatic N) is 1. The molecule has 8 nitrogen and oxygen atoms in total. The lowest BCUT2D eigenvalue weighted by Crippen LogP contribution is -2.40. The number of carbonyl (C=O) groups excluding carboxylic acids is 3. The van der Waals surface area contributed by atoms with Crippen molar-refractivity contribution < 1.29 is 27.6 Å². The number of rotatable bonds is 11. The topological polar surface area (TPSA) is 104 Å². The van der Waals surface area contributed by atoms with Crippen molar-refractivity contribution in [3.05, 3.63) is 89.4 Å². The van der Waals surface area contributed by atoms with Crippen LogP contribution in [0.5, 0.6) is 0 Å². The van der Waals surface area contributed by atoms with E-state index in [9.17, 15) is 23.2 Å². The largest absolute Gasteiger partial charge is 0.468 e.